The fourth-order valence-corrected chi connectivity index (χ4v) is 1.95. The molecule has 8 nitrogen and oxygen atoms in total. The first-order valence-electron chi connectivity index (χ1n) is 7.10. The summed E-state index contributed by atoms with van der Waals surface area (Å²) in [6.45, 7) is 4.12. The van der Waals surface area contributed by atoms with E-state index in [0.717, 1.165) is 4.90 Å². The molecule has 0 aliphatic heterocycles. The van der Waals surface area contributed by atoms with Crippen LogP contribution in [-0.2, 0) is 4.74 Å². The molecule has 0 atom stereocenters. The van der Waals surface area contributed by atoms with Gasteiger partial charge >= 0.3 is 11.8 Å². The van der Waals surface area contributed by atoms with Gasteiger partial charge in [0.25, 0.3) is 5.88 Å². The van der Waals surface area contributed by atoms with Gasteiger partial charge < -0.3 is 14.4 Å². The van der Waals surface area contributed by atoms with Gasteiger partial charge in [-0.15, -0.1) is 0 Å². The number of alkyl halides is 1. The Hall–Kier alpha value is -1.97. The molecule has 0 saturated heterocycles. The van der Waals surface area contributed by atoms with Crippen molar-refractivity contribution >= 4 is 27.7 Å². The highest BCUT2D eigenvalue weighted by atomic mass is 79.9. The van der Waals surface area contributed by atoms with Crippen LogP contribution in [0.25, 0.3) is 0 Å². The van der Waals surface area contributed by atoms with E-state index in [0.29, 0.717) is 4.47 Å². The van der Waals surface area contributed by atoms with Crippen LogP contribution in [-0.4, -0.2) is 52.9 Å². The quantitative estimate of drug-likeness (QED) is 0.507. The maximum Gasteiger partial charge on any atom is 0.410 e. The second-order valence-corrected chi connectivity index (χ2v) is 6.66. The molecule has 0 unspecified atom stereocenters. The summed E-state index contributed by atoms with van der Waals surface area (Å²) in [4.78, 5) is 27.3. The summed E-state index contributed by atoms with van der Waals surface area (Å²) < 4.78 is 23.5. The van der Waals surface area contributed by atoms with E-state index < -0.39 is 23.3 Å². The van der Waals surface area contributed by atoms with Gasteiger partial charge in [0.05, 0.1) is 18.0 Å². The fraction of sp³-hybridized carbons (Fsp3) is 0.571. The van der Waals surface area contributed by atoms with E-state index in [9.17, 15) is 19.3 Å². The number of rotatable bonds is 7. The molecule has 0 bridgehead atoms. The molecule has 134 valence electrons. The maximum atomic E-state index is 12.6. The molecule has 0 aliphatic carbocycles. The molecule has 0 saturated carbocycles. The molecule has 0 fully saturated rings. The van der Waals surface area contributed by atoms with Crippen molar-refractivity contribution in [2.75, 3.05) is 26.4 Å². The van der Waals surface area contributed by atoms with Crippen molar-refractivity contribution in [2.45, 2.75) is 26.4 Å². The molecule has 0 N–H and O–H groups in total. The van der Waals surface area contributed by atoms with Gasteiger partial charge in [-0.25, -0.2) is 14.2 Å². The van der Waals surface area contributed by atoms with Gasteiger partial charge in [-0.1, -0.05) is 0 Å². The second-order valence-electron chi connectivity index (χ2n) is 5.74. The Kier molecular flexibility index (Phi) is 7.33. The van der Waals surface area contributed by atoms with E-state index in [4.69, 9.17) is 9.47 Å². The number of ether oxygens (including phenoxy) is 2. The lowest BCUT2D eigenvalue weighted by atomic mass is 10.2. The molecule has 10 heteroatoms. The van der Waals surface area contributed by atoms with E-state index in [1.165, 1.54) is 12.3 Å². The first-order valence-corrected chi connectivity index (χ1v) is 7.90. The van der Waals surface area contributed by atoms with E-state index >= 15 is 0 Å². The molecule has 24 heavy (non-hydrogen) atoms. The summed E-state index contributed by atoms with van der Waals surface area (Å²) in [6, 6.07) is 1.26. The zero-order valence-electron chi connectivity index (χ0n) is 13.6. The molecular weight excluding hydrogens is 389 g/mol. The first kappa shape index (κ1) is 20.1. The van der Waals surface area contributed by atoms with Crippen LogP contribution in [0.5, 0.6) is 5.88 Å². The number of aromatic nitrogens is 1. The van der Waals surface area contributed by atoms with Crippen LogP contribution in [0.3, 0.4) is 0 Å². The molecule has 0 aliphatic rings. The minimum absolute atomic E-state index is 0.00767. The third kappa shape index (κ3) is 6.65. The number of halogens is 2. The number of nitro groups is 1. The number of carbonyl (C=O) groups excluding carboxylic acids is 1. The minimum Gasteiger partial charge on any atom is -0.471 e. The van der Waals surface area contributed by atoms with Gasteiger partial charge in [0.1, 0.15) is 18.9 Å². The van der Waals surface area contributed by atoms with Crippen LogP contribution in [0.4, 0.5) is 14.9 Å². The van der Waals surface area contributed by atoms with Gasteiger partial charge in [0.2, 0.25) is 0 Å². The number of carbonyl (C=O) groups is 1. The minimum atomic E-state index is -0.740. The summed E-state index contributed by atoms with van der Waals surface area (Å²) >= 11 is 3.09. The molecule has 1 amide bonds. The monoisotopic (exact) mass is 407 g/mol. The van der Waals surface area contributed by atoms with E-state index in [-0.39, 0.29) is 31.3 Å². The Bertz CT molecular complexity index is 594. The van der Waals surface area contributed by atoms with E-state index in [2.05, 4.69) is 20.9 Å². The first-order chi connectivity index (χ1) is 11.1. The summed E-state index contributed by atoms with van der Waals surface area (Å²) in [6.07, 6.45) is 0.678. The molecule has 0 aromatic carbocycles. The Morgan fingerprint density at radius 1 is 1.46 bits per heavy atom. The van der Waals surface area contributed by atoms with Crippen LogP contribution >= 0.6 is 15.9 Å². The van der Waals surface area contributed by atoms with Gasteiger partial charge in [-0.05, 0) is 36.7 Å². The molecule has 1 aromatic rings. The molecule has 0 spiro atoms. The predicted octanol–water partition coefficient (Wildman–Crippen LogP) is 3.34. The van der Waals surface area contributed by atoms with Crippen LogP contribution in [0.15, 0.2) is 16.7 Å². The lowest BCUT2D eigenvalue weighted by Gasteiger charge is -2.26. The van der Waals surface area contributed by atoms with Crippen molar-refractivity contribution in [1.29, 1.82) is 0 Å². The van der Waals surface area contributed by atoms with Crippen molar-refractivity contribution in [2.24, 2.45) is 0 Å². The van der Waals surface area contributed by atoms with Gasteiger partial charge in [-0.2, -0.15) is 0 Å². The number of pyridine rings is 1. The topological polar surface area (TPSA) is 94.8 Å². The Labute approximate surface area is 147 Å². The lowest BCUT2D eigenvalue weighted by Crippen LogP contribution is -2.40. The average molecular weight is 408 g/mol. The third-order valence-electron chi connectivity index (χ3n) is 2.60. The molecule has 1 heterocycles. The van der Waals surface area contributed by atoms with Gasteiger partial charge in [-0.3, -0.25) is 10.1 Å². The van der Waals surface area contributed by atoms with Gasteiger partial charge in [0, 0.05) is 16.7 Å². The third-order valence-corrected chi connectivity index (χ3v) is 3.04. The second kappa shape index (κ2) is 8.76. The van der Waals surface area contributed by atoms with Crippen LogP contribution in [0, 0.1) is 10.1 Å². The van der Waals surface area contributed by atoms with Crippen molar-refractivity contribution in [3.63, 3.8) is 0 Å². The lowest BCUT2D eigenvalue weighted by molar-refractivity contribution is -0.386. The molecule has 1 aromatic heterocycles. The SMILES string of the molecule is CC(C)(C)OC(=O)N(CCF)CCOc1ncc(Br)cc1[N+](=O)[O-]. The predicted molar refractivity (Wildman–Crippen MR) is 87.9 cm³/mol. The number of hydrogen-bond acceptors (Lipinski definition) is 6. The summed E-state index contributed by atoms with van der Waals surface area (Å²) in [5, 5.41) is 11.0. The van der Waals surface area contributed by atoms with E-state index in [1.807, 2.05) is 0 Å². The van der Waals surface area contributed by atoms with Crippen molar-refractivity contribution < 1.29 is 23.6 Å². The zero-order valence-corrected chi connectivity index (χ0v) is 15.2. The summed E-state index contributed by atoms with van der Waals surface area (Å²) in [7, 11) is 0. The number of nitrogens with zero attached hydrogens (tertiary/aromatic N) is 3. The van der Waals surface area contributed by atoms with Crippen molar-refractivity contribution in [3.05, 3.63) is 26.9 Å². The van der Waals surface area contributed by atoms with Crippen LogP contribution in [0.2, 0.25) is 0 Å². The van der Waals surface area contributed by atoms with Crippen molar-refractivity contribution in [1.82, 2.24) is 9.88 Å². The molecule has 0 radical (unpaired) electrons. The normalized spacial score (nSPS) is 11.0. The number of hydrogen-bond donors (Lipinski definition) is 0. The highest BCUT2D eigenvalue weighted by Gasteiger charge is 2.23. The van der Waals surface area contributed by atoms with Crippen LogP contribution < -0.4 is 4.74 Å². The average Bonchev–Trinajstić information content (AvgIpc) is 2.45. The van der Waals surface area contributed by atoms with Crippen LogP contribution in [0.1, 0.15) is 20.8 Å². The molecular formula is C14H19BrFN3O5. The summed E-state index contributed by atoms with van der Waals surface area (Å²) in [5.74, 6) is -0.174. The smallest absolute Gasteiger partial charge is 0.410 e. The van der Waals surface area contributed by atoms with Gasteiger partial charge in [0.15, 0.2) is 0 Å². The summed E-state index contributed by atoms with van der Waals surface area (Å²) in [5.41, 5.74) is -1.02. The zero-order chi connectivity index (χ0) is 18.3. The highest BCUT2D eigenvalue weighted by molar-refractivity contribution is 9.10. The fourth-order valence-electron chi connectivity index (χ4n) is 1.63. The Balaban J connectivity index is 2.69. The number of amides is 1. The van der Waals surface area contributed by atoms with Crippen molar-refractivity contribution in [3.8, 4) is 5.88 Å². The van der Waals surface area contributed by atoms with E-state index in [1.54, 1.807) is 20.8 Å². The molecule has 1 rings (SSSR count). The largest absolute Gasteiger partial charge is 0.471 e. The highest BCUT2D eigenvalue weighted by Crippen LogP contribution is 2.27. The Morgan fingerprint density at radius 3 is 2.67 bits per heavy atom. The maximum absolute atomic E-state index is 12.6. The Morgan fingerprint density at radius 2 is 2.12 bits per heavy atom. The standard InChI is InChI=1S/C14H19BrFN3O5/c1-14(2,3)24-13(20)18(5-4-16)6-7-23-12-11(19(21)22)8-10(15)9-17-12/h8-9H,4-7H2,1-3H3.